The van der Waals surface area contributed by atoms with E-state index in [1.165, 1.54) is 0 Å². The molecule has 0 amide bonds. The van der Waals surface area contributed by atoms with Crippen LogP contribution in [0.2, 0.25) is 0 Å². The van der Waals surface area contributed by atoms with E-state index < -0.39 is 0 Å². The van der Waals surface area contributed by atoms with Crippen molar-refractivity contribution in [3.8, 4) is 0 Å². The Hall–Kier alpha value is -1.33. The van der Waals surface area contributed by atoms with Gasteiger partial charge in [-0.1, -0.05) is 0 Å². The molecule has 0 saturated heterocycles. The second-order valence-corrected chi connectivity index (χ2v) is 1.74. The minimum absolute atomic E-state index is 1.68. The fourth-order valence-corrected chi connectivity index (χ4v) is 0.442. The average molecular weight is 142 g/mol. The SMILES string of the molecule is B=C/C=C/C=C/C=C=CC=C. The zero-order chi connectivity index (χ0) is 8.36. The maximum atomic E-state index is 3.54. The molecular weight excluding hydrogens is 131 g/mol. The van der Waals surface area contributed by atoms with E-state index in [-0.39, 0.29) is 0 Å². The summed E-state index contributed by atoms with van der Waals surface area (Å²) in [5.74, 6) is 1.73. The van der Waals surface area contributed by atoms with E-state index in [0.717, 1.165) is 0 Å². The second-order valence-electron chi connectivity index (χ2n) is 1.74. The molecule has 0 atom stereocenters. The Kier molecular flexibility index (Phi) is 7.63. The summed E-state index contributed by atoms with van der Waals surface area (Å²) in [6, 6.07) is 0. The summed E-state index contributed by atoms with van der Waals surface area (Å²) in [5.41, 5.74) is 2.90. The third-order valence-electron chi connectivity index (χ3n) is 0.876. The van der Waals surface area contributed by atoms with Gasteiger partial charge in [0.1, 0.15) is 0 Å². The number of rotatable bonds is 4. The zero-order valence-electron chi connectivity index (χ0n) is 6.53. The Morgan fingerprint density at radius 3 is 2.36 bits per heavy atom. The van der Waals surface area contributed by atoms with Crippen LogP contribution in [-0.4, -0.2) is 13.5 Å². The van der Waals surface area contributed by atoms with Crippen molar-refractivity contribution in [2.45, 2.75) is 0 Å². The molecule has 0 radical (unpaired) electrons. The Bertz CT molecular complexity index is 225. The first-order valence-corrected chi connectivity index (χ1v) is 3.39. The van der Waals surface area contributed by atoms with Crippen LogP contribution in [0.25, 0.3) is 0 Å². The predicted molar refractivity (Wildman–Crippen MR) is 54.3 cm³/mol. The molecule has 1 heteroatoms. The van der Waals surface area contributed by atoms with Crippen molar-refractivity contribution in [3.63, 3.8) is 0 Å². The van der Waals surface area contributed by atoms with E-state index in [1.807, 2.05) is 30.4 Å². The van der Waals surface area contributed by atoms with E-state index in [0.29, 0.717) is 0 Å². The molecule has 0 spiro atoms. The molecule has 0 N–H and O–H groups in total. The van der Waals surface area contributed by atoms with Gasteiger partial charge in [0.15, 0.2) is 0 Å². The molecular formula is C10H11B. The monoisotopic (exact) mass is 142 g/mol. The Morgan fingerprint density at radius 1 is 1.00 bits per heavy atom. The van der Waals surface area contributed by atoms with Gasteiger partial charge in [-0.25, -0.2) is 0 Å². The molecule has 0 aromatic carbocycles. The molecule has 54 valence electrons. The molecule has 0 unspecified atom stereocenters. The van der Waals surface area contributed by atoms with Crippen LogP contribution in [0.5, 0.6) is 0 Å². The van der Waals surface area contributed by atoms with E-state index in [9.17, 15) is 0 Å². The van der Waals surface area contributed by atoms with E-state index in [2.05, 4.69) is 19.8 Å². The van der Waals surface area contributed by atoms with Crippen LogP contribution in [0.3, 0.4) is 0 Å². The molecule has 0 aliphatic carbocycles. The number of allylic oxidation sites excluding steroid dienone is 6. The first kappa shape index (κ1) is 9.67. The molecule has 0 aliphatic heterocycles. The van der Waals surface area contributed by atoms with Crippen LogP contribution < -0.4 is 0 Å². The van der Waals surface area contributed by atoms with Crippen molar-refractivity contribution in [3.05, 3.63) is 54.8 Å². The van der Waals surface area contributed by atoms with Crippen LogP contribution in [0, 0.1) is 0 Å². The first-order chi connectivity index (χ1) is 5.41. The fraction of sp³-hybridized carbons (Fsp3) is 0. The maximum absolute atomic E-state index is 3.54. The molecule has 0 aromatic heterocycles. The molecule has 11 heavy (non-hydrogen) atoms. The van der Waals surface area contributed by atoms with Gasteiger partial charge < -0.3 is 0 Å². The Labute approximate surface area is 69.0 Å². The summed E-state index contributed by atoms with van der Waals surface area (Å²) >= 11 is 0. The molecule has 0 nitrogen and oxygen atoms in total. The van der Waals surface area contributed by atoms with Crippen LogP contribution in [0.1, 0.15) is 0 Å². The normalized spacial score (nSPS) is 9.36. The Morgan fingerprint density at radius 2 is 1.73 bits per heavy atom. The fourth-order valence-electron chi connectivity index (χ4n) is 0.442. The van der Waals surface area contributed by atoms with Gasteiger partial charge in [0.05, 0.1) is 0 Å². The topological polar surface area (TPSA) is 0 Å². The molecule has 0 bridgehead atoms. The van der Waals surface area contributed by atoms with Crippen molar-refractivity contribution in [2.75, 3.05) is 0 Å². The first-order valence-electron chi connectivity index (χ1n) is 3.39. The van der Waals surface area contributed by atoms with Gasteiger partial charge in [-0.3, -0.25) is 0 Å². The van der Waals surface area contributed by atoms with Gasteiger partial charge in [0.25, 0.3) is 0 Å². The number of hydrogen-bond donors (Lipinski definition) is 0. The summed E-state index contributed by atoms with van der Waals surface area (Å²) in [6.45, 7) is 3.52. The van der Waals surface area contributed by atoms with Gasteiger partial charge in [-0.15, -0.1) is 0 Å². The average Bonchev–Trinajstić information content (AvgIpc) is 2.03. The van der Waals surface area contributed by atoms with Gasteiger partial charge in [-0.2, -0.15) is 0 Å². The quantitative estimate of drug-likeness (QED) is 0.318. The molecule has 0 aliphatic rings. The van der Waals surface area contributed by atoms with E-state index in [4.69, 9.17) is 0 Å². The second kappa shape index (κ2) is 8.67. The van der Waals surface area contributed by atoms with Gasteiger partial charge in [0, 0.05) is 0 Å². The summed E-state index contributed by atoms with van der Waals surface area (Å²) in [5, 5.41) is 0. The summed E-state index contributed by atoms with van der Waals surface area (Å²) in [4.78, 5) is 0. The van der Waals surface area contributed by atoms with Crippen LogP contribution in [0.4, 0.5) is 0 Å². The summed E-state index contributed by atoms with van der Waals surface area (Å²) in [7, 11) is 3.54. The number of hydrogen-bond acceptors (Lipinski definition) is 0. The molecule has 0 aromatic rings. The minimum atomic E-state index is 1.68. The van der Waals surface area contributed by atoms with Crippen LogP contribution in [-0.2, 0) is 0 Å². The van der Waals surface area contributed by atoms with Crippen LogP contribution in [0.15, 0.2) is 54.8 Å². The Balaban J connectivity index is 3.76. The van der Waals surface area contributed by atoms with Gasteiger partial charge in [-0.05, 0) is 0 Å². The van der Waals surface area contributed by atoms with Crippen molar-refractivity contribution in [1.82, 2.24) is 0 Å². The van der Waals surface area contributed by atoms with Crippen molar-refractivity contribution < 1.29 is 0 Å². The van der Waals surface area contributed by atoms with Crippen molar-refractivity contribution in [2.24, 2.45) is 0 Å². The molecule has 0 fully saturated rings. The third-order valence-corrected chi connectivity index (χ3v) is 0.876. The van der Waals surface area contributed by atoms with Crippen LogP contribution >= 0.6 is 0 Å². The molecule has 0 heterocycles. The predicted octanol–water partition coefficient (Wildman–Crippen LogP) is 1.70. The molecule has 0 saturated carbocycles. The van der Waals surface area contributed by atoms with Gasteiger partial charge >= 0.3 is 68.3 Å². The van der Waals surface area contributed by atoms with E-state index in [1.54, 1.807) is 18.1 Å². The molecule has 0 rings (SSSR count). The van der Waals surface area contributed by atoms with E-state index >= 15 is 0 Å². The summed E-state index contributed by atoms with van der Waals surface area (Å²) in [6.07, 6.45) is 12.8. The zero-order valence-corrected chi connectivity index (χ0v) is 6.53. The standard InChI is InChI=1S/C10H11B/c1-2-3-4-5-6-7-8-9-10-11/h2-3,5-11H,1H2/b7-6+,9-8+. The van der Waals surface area contributed by atoms with Crippen molar-refractivity contribution in [1.29, 1.82) is 0 Å². The summed E-state index contributed by atoms with van der Waals surface area (Å²) < 4.78 is 0. The third kappa shape index (κ3) is 8.67. The van der Waals surface area contributed by atoms with Crippen molar-refractivity contribution >= 4 is 13.5 Å². The van der Waals surface area contributed by atoms with Gasteiger partial charge in [0.2, 0.25) is 0 Å².